The fraction of sp³-hybridized carbons (Fsp3) is 0.304. The number of rotatable bonds is 5. The molecule has 0 saturated carbocycles. The first-order valence-electron chi connectivity index (χ1n) is 10.8. The highest BCUT2D eigenvalue weighted by molar-refractivity contribution is 7.89. The molecule has 2 aromatic rings. The zero-order chi connectivity index (χ0) is 25.7. The van der Waals surface area contributed by atoms with Gasteiger partial charge in [0.2, 0.25) is 11.8 Å². The van der Waals surface area contributed by atoms with E-state index in [-0.39, 0.29) is 18.3 Å². The van der Waals surface area contributed by atoms with Crippen molar-refractivity contribution < 1.29 is 26.8 Å². The minimum Gasteiger partial charge on any atom is -0.318 e. The Kier molecular flexibility index (Phi) is 6.60. The largest absolute Gasteiger partial charge is 0.318 e. The predicted octanol–water partition coefficient (Wildman–Crippen LogP) is 2.44. The lowest BCUT2D eigenvalue weighted by molar-refractivity contribution is -0.149. The second-order valence-corrected chi connectivity index (χ2v) is 10.9. The third kappa shape index (κ3) is 4.51. The van der Waals surface area contributed by atoms with E-state index in [9.17, 15) is 26.8 Å². The van der Waals surface area contributed by atoms with Gasteiger partial charge >= 0.3 is 0 Å². The molecule has 0 spiro atoms. The molecular formula is C23H23ClF2N4O4S. The van der Waals surface area contributed by atoms with Crippen molar-refractivity contribution in [3.8, 4) is 0 Å². The van der Waals surface area contributed by atoms with Crippen LogP contribution in [-0.4, -0.2) is 59.0 Å². The standard InChI is InChI=1S/C23H23ClF2N4O4S/c1-13(2)28-12-21-29(35(33,34)20-8-7-16(25)10-17(20)26)11-18(27)22(31)30(21)19(23(28)32)9-14-3-5-15(24)6-4-14/h3-8,10,12-13,18-19H,9,11,27H2,1-2H3. The minimum atomic E-state index is -4.61. The van der Waals surface area contributed by atoms with Crippen molar-refractivity contribution in [2.75, 3.05) is 6.54 Å². The zero-order valence-corrected chi connectivity index (χ0v) is 20.4. The molecule has 12 heteroatoms. The van der Waals surface area contributed by atoms with Crippen LogP contribution in [0.2, 0.25) is 5.02 Å². The molecule has 186 valence electrons. The third-order valence-electron chi connectivity index (χ3n) is 5.89. The lowest BCUT2D eigenvalue weighted by atomic mass is 9.99. The highest BCUT2D eigenvalue weighted by Crippen LogP contribution is 2.34. The summed E-state index contributed by atoms with van der Waals surface area (Å²) in [6.45, 7) is 2.99. The van der Waals surface area contributed by atoms with Crippen LogP contribution in [0.3, 0.4) is 0 Å². The first-order valence-corrected chi connectivity index (χ1v) is 12.6. The van der Waals surface area contributed by atoms with E-state index in [0.717, 1.165) is 21.3 Å². The fourth-order valence-electron chi connectivity index (χ4n) is 4.12. The molecule has 2 aromatic carbocycles. The van der Waals surface area contributed by atoms with Gasteiger partial charge in [0, 0.05) is 29.8 Å². The van der Waals surface area contributed by atoms with Crippen LogP contribution in [-0.2, 0) is 26.0 Å². The van der Waals surface area contributed by atoms with Crippen LogP contribution in [0.1, 0.15) is 19.4 Å². The highest BCUT2D eigenvalue weighted by atomic mass is 35.5. The van der Waals surface area contributed by atoms with Crippen LogP contribution in [0.15, 0.2) is 59.4 Å². The topological polar surface area (TPSA) is 104 Å². The summed E-state index contributed by atoms with van der Waals surface area (Å²) in [5.74, 6) is -3.42. The van der Waals surface area contributed by atoms with Crippen molar-refractivity contribution in [1.82, 2.24) is 14.1 Å². The Morgan fingerprint density at radius 2 is 1.74 bits per heavy atom. The molecule has 35 heavy (non-hydrogen) atoms. The van der Waals surface area contributed by atoms with Gasteiger partial charge in [0.15, 0.2) is 0 Å². The maximum absolute atomic E-state index is 14.5. The summed E-state index contributed by atoms with van der Waals surface area (Å²) in [4.78, 5) is 28.2. The van der Waals surface area contributed by atoms with Crippen molar-refractivity contribution in [3.05, 3.63) is 76.7 Å². The lowest BCUT2D eigenvalue weighted by Gasteiger charge is -2.48. The number of carbonyl (C=O) groups excluding carboxylic acids is 2. The highest BCUT2D eigenvalue weighted by Gasteiger charge is 2.49. The number of nitrogens with zero attached hydrogens (tertiary/aromatic N) is 3. The smallest absolute Gasteiger partial charge is 0.268 e. The summed E-state index contributed by atoms with van der Waals surface area (Å²) in [6.07, 6.45) is 1.32. The van der Waals surface area contributed by atoms with Gasteiger partial charge in [-0.25, -0.2) is 21.5 Å². The number of amides is 2. The van der Waals surface area contributed by atoms with Crippen molar-refractivity contribution in [2.45, 2.75) is 43.3 Å². The van der Waals surface area contributed by atoms with Gasteiger partial charge in [-0.15, -0.1) is 0 Å². The molecule has 2 amide bonds. The summed E-state index contributed by atoms with van der Waals surface area (Å²) in [7, 11) is -4.61. The minimum absolute atomic E-state index is 0.0633. The maximum atomic E-state index is 14.5. The molecule has 4 rings (SSSR count). The molecule has 0 radical (unpaired) electrons. The second kappa shape index (κ2) is 9.21. The number of nitrogens with two attached hydrogens (primary N) is 1. The molecule has 2 heterocycles. The Bertz CT molecular complexity index is 1320. The Morgan fingerprint density at radius 3 is 2.34 bits per heavy atom. The van der Waals surface area contributed by atoms with Crippen molar-refractivity contribution in [2.24, 2.45) is 5.73 Å². The monoisotopic (exact) mass is 524 g/mol. The molecule has 2 aliphatic rings. The fourth-order valence-corrected chi connectivity index (χ4v) is 5.77. The lowest BCUT2D eigenvalue weighted by Crippen LogP contribution is -2.66. The molecule has 2 atom stereocenters. The Balaban J connectivity index is 1.84. The molecule has 0 aliphatic carbocycles. The van der Waals surface area contributed by atoms with Crippen LogP contribution < -0.4 is 5.73 Å². The molecule has 2 N–H and O–H groups in total. The summed E-state index contributed by atoms with van der Waals surface area (Å²) in [6, 6.07) is 5.98. The van der Waals surface area contributed by atoms with Gasteiger partial charge in [0.1, 0.15) is 34.4 Å². The van der Waals surface area contributed by atoms with E-state index in [2.05, 4.69) is 0 Å². The van der Waals surface area contributed by atoms with Crippen molar-refractivity contribution in [3.63, 3.8) is 0 Å². The molecule has 0 bridgehead atoms. The number of carbonyl (C=O) groups is 2. The molecule has 0 aromatic heterocycles. The van der Waals surface area contributed by atoms with Crippen LogP contribution in [0.25, 0.3) is 0 Å². The van der Waals surface area contributed by atoms with Crippen LogP contribution in [0, 0.1) is 11.6 Å². The van der Waals surface area contributed by atoms with Crippen LogP contribution in [0.5, 0.6) is 0 Å². The third-order valence-corrected chi connectivity index (χ3v) is 7.94. The molecular weight excluding hydrogens is 502 g/mol. The van der Waals surface area contributed by atoms with E-state index in [0.29, 0.717) is 16.7 Å². The van der Waals surface area contributed by atoms with Gasteiger partial charge in [-0.1, -0.05) is 23.7 Å². The number of sulfonamides is 1. The van der Waals surface area contributed by atoms with E-state index in [1.807, 2.05) is 0 Å². The average Bonchev–Trinajstić information content (AvgIpc) is 2.78. The first-order chi connectivity index (χ1) is 16.4. The van der Waals surface area contributed by atoms with Crippen molar-refractivity contribution in [1.29, 1.82) is 0 Å². The second-order valence-electron chi connectivity index (χ2n) is 8.60. The molecule has 1 saturated heterocycles. The van der Waals surface area contributed by atoms with Gasteiger partial charge in [-0.2, -0.15) is 0 Å². The van der Waals surface area contributed by atoms with Gasteiger partial charge in [-0.05, 0) is 43.7 Å². The Labute approximate surface area is 206 Å². The average molecular weight is 525 g/mol. The number of fused-ring (bicyclic) bond motifs is 1. The maximum Gasteiger partial charge on any atom is 0.268 e. The van der Waals surface area contributed by atoms with Crippen molar-refractivity contribution >= 4 is 33.4 Å². The molecule has 1 fully saturated rings. The molecule has 8 nitrogen and oxygen atoms in total. The summed E-state index contributed by atoms with van der Waals surface area (Å²) in [5, 5.41) is 0.489. The van der Waals surface area contributed by atoms with Gasteiger partial charge in [-0.3, -0.25) is 14.5 Å². The SMILES string of the molecule is CC(C)N1C=C2N(C(=O)C(N)CN2S(=O)(=O)c2ccc(F)cc2F)C(Cc2ccc(Cl)cc2)C1=O. The van der Waals surface area contributed by atoms with Gasteiger partial charge in [0.05, 0.1) is 6.54 Å². The van der Waals surface area contributed by atoms with Gasteiger partial charge in [0.25, 0.3) is 10.0 Å². The van der Waals surface area contributed by atoms with E-state index < -0.39 is 57.0 Å². The zero-order valence-electron chi connectivity index (χ0n) is 18.9. The first kappa shape index (κ1) is 25.1. The summed E-state index contributed by atoms with van der Waals surface area (Å²) >= 11 is 5.96. The number of benzene rings is 2. The van der Waals surface area contributed by atoms with Crippen LogP contribution in [0.4, 0.5) is 8.78 Å². The van der Waals surface area contributed by atoms with E-state index in [1.54, 1.807) is 38.1 Å². The van der Waals surface area contributed by atoms with E-state index >= 15 is 0 Å². The Morgan fingerprint density at radius 1 is 1.09 bits per heavy atom. The van der Waals surface area contributed by atoms with Gasteiger partial charge < -0.3 is 10.6 Å². The number of hydrogen-bond acceptors (Lipinski definition) is 5. The molecule has 2 aliphatic heterocycles. The summed E-state index contributed by atoms with van der Waals surface area (Å²) in [5.41, 5.74) is 6.69. The number of hydrogen-bond donors (Lipinski definition) is 1. The van der Waals surface area contributed by atoms with E-state index in [4.69, 9.17) is 17.3 Å². The predicted molar refractivity (Wildman–Crippen MR) is 124 cm³/mol. The van der Waals surface area contributed by atoms with Crippen LogP contribution >= 0.6 is 11.6 Å². The van der Waals surface area contributed by atoms with E-state index in [1.165, 1.54) is 11.1 Å². The molecule has 2 unspecified atom stereocenters. The normalized spacial score (nSPS) is 20.9. The Hall–Kier alpha value is -3.02. The summed E-state index contributed by atoms with van der Waals surface area (Å²) < 4.78 is 55.7. The number of halogens is 3. The quantitative estimate of drug-likeness (QED) is 0.647.